The number of hydrogen-bond donors (Lipinski definition) is 3. The van der Waals surface area contributed by atoms with Crippen LogP contribution in [0.3, 0.4) is 0 Å². The minimum Gasteiger partial charge on any atom is -0.462 e. The summed E-state index contributed by atoms with van der Waals surface area (Å²) >= 11 is 0. The van der Waals surface area contributed by atoms with E-state index in [1.807, 2.05) is 12.2 Å². The lowest BCUT2D eigenvalue weighted by atomic mass is 10.0. The van der Waals surface area contributed by atoms with Crippen molar-refractivity contribution < 1.29 is 80.2 Å². The number of esters is 4. The highest BCUT2D eigenvalue weighted by molar-refractivity contribution is 7.47. The van der Waals surface area contributed by atoms with Gasteiger partial charge in [0.05, 0.1) is 26.4 Å². The predicted octanol–water partition coefficient (Wildman–Crippen LogP) is 22.9. The predicted molar refractivity (Wildman–Crippen MR) is 418 cm³/mol. The molecule has 0 spiro atoms. The Morgan fingerprint density at radius 1 is 0.284 bits per heavy atom. The van der Waals surface area contributed by atoms with E-state index in [9.17, 15) is 43.2 Å². The average molecular weight is 1470 g/mol. The number of rotatable bonds is 73. The summed E-state index contributed by atoms with van der Waals surface area (Å²) in [4.78, 5) is 73.0. The fourth-order valence-corrected chi connectivity index (χ4v) is 11.7. The van der Waals surface area contributed by atoms with Crippen LogP contribution in [0, 0.1) is 0 Å². The zero-order valence-corrected chi connectivity index (χ0v) is 65.5. The molecule has 0 rings (SSSR count). The highest BCUT2D eigenvalue weighted by atomic mass is 31.2. The van der Waals surface area contributed by atoms with Gasteiger partial charge >= 0.3 is 39.5 Å². The van der Waals surface area contributed by atoms with Crippen LogP contribution in [0.1, 0.15) is 310 Å². The van der Waals surface area contributed by atoms with Gasteiger partial charge in [-0.05, 0) is 135 Å². The lowest BCUT2D eigenvalue weighted by Gasteiger charge is -2.21. The quantitative estimate of drug-likeness (QED) is 0.0169. The summed E-state index contributed by atoms with van der Waals surface area (Å²) < 4.78 is 68.5. The van der Waals surface area contributed by atoms with Crippen LogP contribution in [0.5, 0.6) is 0 Å². The smallest absolute Gasteiger partial charge is 0.462 e. The molecule has 0 saturated heterocycles. The van der Waals surface area contributed by atoms with Gasteiger partial charge in [0, 0.05) is 25.7 Å². The number of phosphoric acid groups is 2. The summed E-state index contributed by atoms with van der Waals surface area (Å²) in [5.74, 6) is -2.28. The van der Waals surface area contributed by atoms with Crippen molar-refractivity contribution in [3.8, 4) is 0 Å². The molecule has 102 heavy (non-hydrogen) atoms. The van der Waals surface area contributed by atoms with Crippen molar-refractivity contribution in [2.75, 3.05) is 39.6 Å². The van der Waals surface area contributed by atoms with Crippen LogP contribution in [0.2, 0.25) is 0 Å². The number of hydrogen-bond acceptors (Lipinski definition) is 15. The number of aliphatic hydroxyl groups is 1. The molecule has 0 aromatic carbocycles. The summed E-state index contributed by atoms with van der Waals surface area (Å²) in [6.45, 7) is 4.52. The van der Waals surface area contributed by atoms with E-state index in [-0.39, 0.29) is 25.7 Å². The third-order valence-corrected chi connectivity index (χ3v) is 18.0. The van der Waals surface area contributed by atoms with Gasteiger partial charge in [-0.2, -0.15) is 0 Å². The first-order valence-electron chi connectivity index (χ1n) is 39.4. The first-order chi connectivity index (χ1) is 49.7. The van der Waals surface area contributed by atoms with Gasteiger partial charge in [-0.25, -0.2) is 9.13 Å². The third-order valence-electron chi connectivity index (χ3n) is 16.1. The largest absolute Gasteiger partial charge is 0.472 e. The molecular formula is C83H140O17P2. The molecule has 0 aliphatic carbocycles. The van der Waals surface area contributed by atoms with Crippen LogP contribution in [0.25, 0.3) is 0 Å². The summed E-state index contributed by atoms with van der Waals surface area (Å²) in [5, 5.41) is 10.6. The van der Waals surface area contributed by atoms with Crippen LogP contribution < -0.4 is 0 Å². The van der Waals surface area contributed by atoms with Crippen LogP contribution in [-0.4, -0.2) is 96.7 Å². The molecular weight excluding hydrogens is 1330 g/mol. The van der Waals surface area contributed by atoms with E-state index in [1.54, 1.807) is 0 Å². The van der Waals surface area contributed by atoms with E-state index in [2.05, 4.69) is 149 Å². The fraction of sp³-hybridized carbons (Fsp3) is 0.687. The Labute approximate surface area is 618 Å². The van der Waals surface area contributed by atoms with Crippen molar-refractivity contribution in [1.29, 1.82) is 0 Å². The van der Waals surface area contributed by atoms with Gasteiger partial charge < -0.3 is 33.8 Å². The molecule has 19 heteroatoms. The molecule has 17 nitrogen and oxygen atoms in total. The Bertz CT molecular complexity index is 2460. The minimum absolute atomic E-state index is 0.0511. The molecule has 5 atom stereocenters. The maximum absolute atomic E-state index is 13.1. The number of unbranched alkanes of at least 4 members (excludes halogenated alkanes) is 25. The van der Waals surface area contributed by atoms with Crippen molar-refractivity contribution in [3.05, 3.63) is 134 Å². The van der Waals surface area contributed by atoms with E-state index >= 15 is 0 Å². The second-order valence-electron chi connectivity index (χ2n) is 25.9. The Morgan fingerprint density at radius 3 is 0.843 bits per heavy atom. The zero-order valence-electron chi connectivity index (χ0n) is 63.7. The van der Waals surface area contributed by atoms with Crippen LogP contribution in [0.15, 0.2) is 134 Å². The number of carbonyl (C=O) groups is 4. The monoisotopic (exact) mass is 1470 g/mol. The third kappa shape index (κ3) is 73.5. The first kappa shape index (κ1) is 97.2. The Kier molecular flexibility index (Phi) is 71.0. The standard InChI is InChI=1S/C83H140O17P2/c1-5-9-13-17-21-25-29-33-36-38-41-45-48-52-56-60-64-68-81(86)94-74-79(100-83(88)70-66-62-58-54-50-46-42-39-37-34-30-26-22-18-14-10-6-2)76-98-102(91,92)96-72-77(84)71-95-101(89,90)97-75-78(99-82(87)69-65-61-57-53-49-43-32-28-24-20-16-12-8-4)73-93-80(85)67-63-59-55-51-47-44-40-35-31-27-23-19-15-11-7-3/h9-10,13-14,21-23,25-27,33-37,40-42,45-46,52,56,77-79,84H,5-8,11-12,15-20,24,28-32,38-39,43-44,47-51,53-55,57-76H2,1-4H3,(H,89,90)(H,91,92)/b13-9-,14-10-,25-21-,26-22-,27-23-,36-33-,37-34-,40-35-,45-41-,46-42-,56-52-. The van der Waals surface area contributed by atoms with Gasteiger partial charge in [0.15, 0.2) is 12.2 Å². The van der Waals surface area contributed by atoms with Crippen LogP contribution >= 0.6 is 15.6 Å². The number of allylic oxidation sites excluding steroid dienone is 22. The van der Waals surface area contributed by atoms with Gasteiger partial charge in [-0.1, -0.05) is 283 Å². The molecule has 0 aromatic heterocycles. The van der Waals surface area contributed by atoms with E-state index in [0.717, 1.165) is 154 Å². The Balaban J connectivity index is 5.44. The highest BCUT2D eigenvalue weighted by Crippen LogP contribution is 2.45. The second kappa shape index (κ2) is 74.5. The van der Waals surface area contributed by atoms with E-state index in [4.69, 9.17) is 37.0 Å². The molecule has 0 heterocycles. The van der Waals surface area contributed by atoms with Crippen molar-refractivity contribution in [1.82, 2.24) is 0 Å². The van der Waals surface area contributed by atoms with Gasteiger partial charge in [0.2, 0.25) is 0 Å². The number of phosphoric ester groups is 2. The summed E-state index contributed by atoms with van der Waals surface area (Å²) in [6, 6.07) is 0. The van der Waals surface area contributed by atoms with Crippen LogP contribution in [-0.2, 0) is 65.4 Å². The maximum Gasteiger partial charge on any atom is 0.472 e. The highest BCUT2D eigenvalue weighted by Gasteiger charge is 2.30. The first-order valence-corrected chi connectivity index (χ1v) is 42.4. The van der Waals surface area contributed by atoms with Gasteiger partial charge in [0.25, 0.3) is 0 Å². The zero-order chi connectivity index (χ0) is 74.6. The SMILES string of the molecule is CC/C=C\C/C=C\C/C=C\C/C=C\C/C=C\CCCC(=O)OCC(COP(=O)(O)OCC(O)COP(=O)(O)OCC(COC(=O)CCCCCCC/C=C\C/C=C\CCCCC)OC(=O)CCCCCCCCCCCCCCC)OC(=O)CCCCCC/C=C\C/C=C\C/C=C\C/C=C\CC. The Morgan fingerprint density at radius 2 is 0.520 bits per heavy atom. The van der Waals surface area contributed by atoms with Gasteiger partial charge in [-0.15, -0.1) is 0 Å². The molecule has 0 radical (unpaired) electrons. The van der Waals surface area contributed by atoms with Crippen molar-refractivity contribution in [2.24, 2.45) is 0 Å². The topological polar surface area (TPSA) is 237 Å². The van der Waals surface area contributed by atoms with E-state index in [1.165, 1.54) is 70.6 Å². The van der Waals surface area contributed by atoms with Crippen molar-refractivity contribution in [2.45, 2.75) is 329 Å². The number of ether oxygens (including phenoxy) is 4. The lowest BCUT2D eigenvalue weighted by molar-refractivity contribution is -0.161. The van der Waals surface area contributed by atoms with Crippen molar-refractivity contribution in [3.63, 3.8) is 0 Å². The molecule has 0 aliphatic rings. The van der Waals surface area contributed by atoms with Crippen LogP contribution in [0.4, 0.5) is 0 Å². The van der Waals surface area contributed by atoms with Gasteiger partial charge in [-0.3, -0.25) is 37.3 Å². The summed E-state index contributed by atoms with van der Waals surface area (Å²) in [6.07, 6.45) is 82.9. The molecule has 0 aromatic rings. The molecule has 3 N–H and O–H groups in total. The molecule has 0 fully saturated rings. The fourth-order valence-electron chi connectivity index (χ4n) is 10.2. The molecule has 0 amide bonds. The summed E-state index contributed by atoms with van der Waals surface area (Å²) in [5.41, 5.74) is 0. The lowest BCUT2D eigenvalue weighted by Crippen LogP contribution is -2.30. The molecule has 0 bridgehead atoms. The minimum atomic E-state index is -5.00. The van der Waals surface area contributed by atoms with Gasteiger partial charge in [0.1, 0.15) is 19.3 Å². The van der Waals surface area contributed by atoms with E-state index in [0.29, 0.717) is 32.1 Å². The average Bonchev–Trinajstić information content (AvgIpc) is 0.959. The Hall–Kier alpha value is -4.80. The molecule has 584 valence electrons. The second-order valence-corrected chi connectivity index (χ2v) is 28.8. The molecule has 0 aliphatic heterocycles. The maximum atomic E-state index is 13.1. The van der Waals surface area contributed by atoms with Crippen molar-refractivity contribution >= 4 is 39.5 Å². The number of aliphatic hydroxyl groups excluding tert-OH is 1. The summed E-state index contributed by atoms with van der Waals surface area (Å²) in [7, 11) is -9.98. The molecule has 5 unspecified atom stereocenters. The molecule has 0 saturated carbocycles. The normalized spacial score (nSPS) is 14.6. The number of carbonyl (C=O) groups excluding carboxylic acids is 4. The van der Waals surface area contributed by atoms with E-state index < -0.39 is 97.5 Å².